The summed E-state index contributed by atoms with van der Waals surface area (Å²) in [4.78, 5) is 3.72. The first-order valence-electron chi connectivity index (χ1n) is 9.49. The van der Waals surface area contributed by atoms with Crippen molar-refractivity contribution in [3.05, 3.63) is 94.0 Å². The summed E-state index contributed by atoms with van der Waals surface area (Å²) in [5.74, 6) is 0.307. The Morgan fingerprint density at radius 1 is 0.808 bits per heavy atom. The molecule has 1 heterocycles. The highest BCUT2D eigenvalue weighted by atomic mass is 14.7. The maximum atomic E-state index is 3.72. The van der Waals surface area contributed by atoms with E-state index < -0.39 is 0 Å². The van der Waals surface area contributed by atoms with Crippen LogP contribution in [0.1, 0.15) is 46.2 Å². The quantitative estimate of drug-likeness (QED) is 0.378. The molecular weight excluding hydrogens is 314 g/mol. The van der Waals surface area contributed by atoms with Crippen LogP contribution in [0.5, 0.6) is 0 Å². The molecule has 0 saturated heterocycles. The van der Waals surface area contributed by atoms with Gasteiger partial charge in [0.2, 0.25) is 0 Å². The third-order valence-electron chi connectivity index (χ3n) is 5.97. The van der Waals surface area contributed by atoms with Gasteiger partial charge in [0.1, 0.15) is 0 Å². The van der Waals surface area contributed by atoms with Gasteiger partial charge in [0.05, 0.1) is 5.69 Å². The molecule has 1 heteroatoms. The van der Waals surface area contributed by atoms with Crippen molar-refractivity contribution in [3.63, 3.8) is 0 Å². The average Bonchev–Trinajstić information content (AvgIpc) is 3.20. The third-order valence-corrected chi connectivity index (χ3v) is 5.97. The van der Waals surface area contributed by atoms with E-state index in [1.807, 2.05) is 0 Å². The van der Waals surface area contributed by atoms with Gasteiger partial charge in [-0.15, -0.1) is 0 Å². The zero-order chi connectivity index (χ0) is 17.8. The predicted molar refractivity (Wildman–Crippen MR) is 110 cm³/mol. The minimum Gasteiger partial charge on any atom is -0.354 e. The molecule has 1 aliphatic rings. The Hall–Kier alpha value is -2.80. The molecule has 1 N–H and O–H groups in total. The molecule has 0 spiro atoms. The van der Waals surface area contributed by atoms with Crippen molar-refractivity contribution in [1.82, 2.24) is 4.98 Å². The Bertz CT molecular complexity index is 1130. The standard InChI is InChI=1S/C25H23N/c1-4-17-11-13-18(14-12-17)23-21-15(2)9-10-16(3)22(21)25-24(23)19-7-5-6-8-20(19)26-25/h5-14,23,26H,4H2,1-3H3. The van der Waals surface area contributed by atoms with Crippen LogP contribution in [0.2, 0.25) is 0 Å². The summed E-state index contributed by atoms with van der Waals surface area (Å²) in [7, 11) is 0. The van der Waals surface area contributed by atoms with Gasteiger partial charge in [0, 0.05) is 22.4 Å². The number of benzene rings is 3. The number of aryl methyl sites for hydroxylation is 3. The van der Waals surface area contributed by atoms with Gasteiger partial charge in [0.15, 0.2) is 0 Å². The number of hydrogen-bond acceptors (Lipinski definition) is 0. The molecule has 0 amide bonds. The van der Waals surface area contributed by atoms with E-state index >= 15 is 0 Å². The van der Waals surface area contributed by atoms with Gasteiger partial charge in [-0.05, 0) is 59.7 Å². The van der Waals surface area contributed by atoms with Crippen LogP contribution < -0.4 is 0 Å². The highest BCUT2D eigenvalue weighted by Gasteiger charge is 2.35. The molecule has 0 radical (unpaired) electrons. The van der Waals surface area contributed by atoms with Gasteiger partial charge in [-0.25, -0.2) is 0 Å². The number of aromatic nitrogens is 1. The van der Waals surface area contributed by atoms with E-state index in [1.54, 1.807) is 0 Å². The second-order valence-corrected chi connectivity index (χ2v) is 7.48. The average molecular weight is 337 g/mol. The Morgan fingerprint density at radius 2 is 1.54 bits per heavy atom. The number of fused-ring (bicyclic) bond motifs is 5. The van der Waals surface area contributed by atoms with Crippen molar-refractivity contribution in [2.75, 3.05) is 0 Å². The van der Waals surface area contributed by atoms with Crippen molar-refractivity contribution in [3.8, 4) is 11.3 Å². The SMILES string of the molecule is CCc1ccc(C2c3c(C)ccc(C)c3-c3[nH]c4ccccc4c32)cc1. The van der Waals surface area contributed by atoms with Crippen LogP contribution in [0, 0.1) is 13.8 Å². The van der Waals surface area contributed by atoms with Gasteiger partial charge in [-0.2, -0.15) is 0 Å². The van der Waals surface area contributed by atoms with Crippen LogP contribution in [-0.4, -0.2) is 4.98 Å². The van der Waals surface area contributed by atoms with Crippen molar-refractivity contribution >= 4 is 10.9 Å². The first-order chi connectivity index (χ1) is 12.7. The molecule has 1 aliphatic carbocycles. The third kappa shape index (κ3) is 2.03. The lowest BCUT2D eigenvalue weighted by molar-refractivity contribution is 1.00. The number of nitrogens with one attached hydrogen (secondary N) is 1. The van der Waals surface area contributed by atoms with Crippen LogP contribution in [-0.2, 0) is 6.42 Å². The van der Waals surface area contributed by atoms with Crippen molar-refractivity contribution in [1.29, 1.82) is 0 Å². The normalized spacial score (nSPS) is 15.3. The summed E-state index contributed by atoms with van der Waals surface area (Å²) >= 11 is 0. The summed E-state index contributed by atoms with van der Waals surface area (Å²) in [6.07, 6.45) is 1.08. The summed E-state index contributed by atoms with van der Waals surface area (Å²) in [6.45, 7) is 6.70. The summed E-state index contributed by atoms with van der Waals surface area (Å²) in [5.41, 5.74) is 12.4. The number of aromatic amines is 1. The Labute approximate surface area is 154 Å². The fourth-order valence-electron chi connectivity index (χ4n) is 4.62. The lowest BCUT2D eigenvalue weighted by Crippen LogP contribution is -2.02. The molecule has 1 aromatic heterocycles. The van der Waals surface area contributed by atoms with Crippen molar-refractivity contribution < 1.29 is 0 Å². The second kappa shape index (κ2) is 5.60. The van der Waals surface area contributed by atoms with E-state index in [4.69, 9.17) is 0 Å². The zero-order valence-electron chi connectivity index (χ0n) is 15.6. The first kappa shape index (κ1) is 15.5. The van der Waals surface area contributed by atoms with Gasteiger partial charge in [-0.1, -0.05) is 61.5 Å². The maximum absolute atomic E-state index is 3.72. The largest absolute Gasteiger partial charge is 0.354 e. The highest BCUT2D eigenvalue weighted by Crippen LogP contribution is 2.52. The smallest absolute Gasteiger partial charge is 0.0513 e. The minimum atomic E-state index is 0.307. The zero-order valence-corrected chi connectivity index (χ0v) is 15.6. The monoisotopic (exact) mass is 337 g/mol. The molecule has 4 aromatic rings. The topological polar surface area (TPSA) is 15.8 Å². The van der Waals surface area contributed by atoms with E-state index in [0.29, 0.717) is 5.92 Å². The van der Waals surface area contributed by atoms with E-state index in [0.717, 1.165) is 6.42 Å². The lowest BCUT2D eigenvalue weighted by atomic mass is 9.85. The molecule has 0 saturated carbocycles. The summed E-state index contributed by atoms with van der Waals surface area (Å²) in [5, 5.41) is 1.35. The Morgan fingerprint density at radius 3 is 2.31 bits per heavy atom. The summed E-state index contributed by atoms with van der Waals surface area (Å²) in [6, 6.07) is 22.5. The minimum absolute atomic E-state index is 0.307. The van der Waals surface area contributed by atoms with Crippen LogP contribution in [0.3, 0.4) is 0 Å². The van der Waals surface area contributed by atoms with E-state index in [9.17, 15) is 0 Å². The van der Waals surface area contributed by atoms with E-state index in [1.165, 1.54) is 55.5 Å². The first-order valence-corrected chi connectivity index (χ1v) is 9.49. The fraction of sp³-hybridized carbons (Fsp3) is 0.200. The number of rotatable bonds is 2. The molecule has 1 nitrogen and oxygen atoms in total. The molecule has 1 atom stereocenters. The molecule has 0 fully saturated rings. The molecule has 0 bridgehead atoms. The Kier molecular flexibility index (Phi) is 3.33. The molecule has 128 valence electrons. The van der Waals surface area contributed by atoms with Gasteiger partial charge < -0.3 is 4.98 Å². The van der Waals surface area contributed by atoms with Crippen LogP contribution in [0.15, 0.2) is 60.7 Å². The van der Waals surface area contributed by atoms with Gasteiger partial charge in [0.25, 0.3) is 0 Å². The fourth-order valence-corrected chi connectivity index (χ4v) is 4.62. The molecule has 3 aromatic carbocycles. The summed E-state index contributed by atoms with van der Waals surface area (Å²) < 4.78 is 0. The van der Waals surface area contributed by atoms with Crippen molar-refractivity contribution in [2.24, 2.45) is 0 Å². The van der Waals surface area contributed by atoms with Crippen LogP contribution in [0.4, 0.5) is 0 Å². The molecule has 1 unspecified atom stereocenters. The highest BCUT2D eigenvalue weighted by molar-refractivity contribution is 5.97. The molecule has 5 rings (SSSR count). The number of H-pyrrole nitrogens is 1. The lowest BCUT2D eigenvalue weighted by Gasteiger charge is -2.18. The number of para-hydroxylation sites is 1. The van der Waals surface area contributed by atoms with Crippen LogP contribution >= 0.6 is 0 Å². The van der Waals surface area contributed by atoms with Crippen molar-refractivity contribution in [2.45, 2.75) is 33.1 Å². The van der Waals surface area contributed by atoms with E-state index in [2.05, 4.69) is 86.4 Å². The molecular formula is C25H23N. The molecule has 26 heavy (non-hydrogen) atoms. The second-order valence-electron chi connectivity index (χ2n) is 7.48. The van der Waals surface area contributed by atoms with E-state index in [-0.39, 0.29) is 0 Å². The Balaban J connectivity index is 1.86. The van der Waals surface area contributed by atoms with Gasteiger partial charge >= 0.3 is 0 Å². The van der Waals surface area contributed by atoms with Gasteiger partial charge in [-0.3, -0.25) is 0 Å². The number of hydrogen-bond donors (Lipinski definition) is 1. The maximum Gasteiger partial charge on any atom is 0.0513 e. The van der Waals surface area contributed by atoms with Crippen LogP contribution in [0.25, 0.3) is 22.2 Å². The molecule has 0 aliphatic heterocycles. The predicted octanol–water partition coefficient (Wildman–Crippen LogP) is 6.51.